The van der Waals surface area contributed by atoms with Crippen molar-refractivity contribution in [1.82, 2.24) is 15.4 Å². The monoisotopic (exact) mass is 363 g/mol. The molecule has 7 heteroatoms. The Labute approximate surface area is 157 Å². The third kappa shape index (κ3) is 4.08. The van der Waals surface area contributed by atoms with Crippen LogP contribution >= 0.6 is 0 Å². The summed E-state index contributed by atoms with van der Waals surface area (Å²) in [5, 5.41) is 5.13. The average molecular weight is 363 g/mol. The average Bonchev–Trinajstić information content (AvgIpc) is 3.38. The highest BCUT2D eigenvalue weighted by atomic mass is 16.5. The van der Waals surface area contributed by atoms with Crippen molar-refractivity contribution in [3.05, 3.63) is 54.4 Å². The number of anilines is 1. The number of ether oxygens (including phenoxy) is 1. The van der Waals surface area contributed by atoms with Crippen molar-refractivity contribution in [2.45, 2.75) is 12.8 Å². The summed E-state index contributed by atoms with van der Waals surface area (Å²) < 4.78 is 5.67. The number of hydrogen-bond donors (Lipinski definition) is 2. The number of carbonyl (C=O) groups excluding carboxylic acids is 1. The lowest BCUT2D eigenvalue weighted by Gasteiger charge is -2.19. The van der Waals surface area contributed by atoms with Crippen LogP contribution in [0, 0.1) is 0 Å². The number of aromatic nitrogens is 2. The Balaban J connectivity index is 1.32. The first kappa shape index (κ1) is 17.1. The Hall–Kier alpha value is -3.35. The second-order valence-electron chi connectivity index (χ2n) is 6.43. The van der Waals surface area contributed by atoms with E-state index in [9.17, 15) is 4.79 Å². The van der Waals surface area contributed by atoms with Crippen LogP contribution in [0.25, 0.3) is 10.9 Å². The van der Waals surface area contributed by atoms with Crippen LogP contribution in [0.2, 0.25) is 0 Å². The van der Waals surface area contributed by atoms with Crippen LogP contribution in [-0.4, -0.2) is 41.8 Å². The number of benzene rings is 1. The molecule has 0 aliphatic carbocycles. The van der Waals surface area contributed by atoms with Gasteiger partial charge in [0.1, 0.15) is 0 Å². The van der Waals surface area contributed by atoms with Gasteiger partial charge in [0.15, 0.2) is 18.2 Å². The predicted molar refractivity (Wildman–Crippen MR) is 105 cm³/mol. The van der Waals surface area contributed by atoms with Crippen LogP contribution in [-0.2, 0) is 4.79 Å². The molecule has 7 nitrogen and oxygen atoms in total. The molecule has 1 fully saturated rings. The molecule has 1 saturated heterocycles. The maximum absolute atomic E-state index is 12.0. The van der Waals surface area contributed by atoms with Gasteiger partial charge in [0.2, 0.25) is 0 Å². The van der Waals surface area contributed by atoms with Crippen LogP contribution in [0.4, 0.5) is 5.82 Å². The van der Waals surface area contributed by atoms with Crippen molar-refractivity contribution >= 4 is 28.8 Å². The minimum atomic E-state index is -0.316. The first-order chi connectivity index (χ1) is 13.3. The first-order valence-corrected chi connectivity index (χ1v) is 9.01. The van der Waals surface area contributed by atoms with E-state index in [4.69, 9.17) is 4.74 Å². The van der Waals surface area contributed by atoms with E-state index in [2.05, 4.69) is 25.4 Å². The lowest BCUT2D eigenvalue weighted by atomic mass is 10.2. The molecule has 0 atom stereocenters. The molecule has 138 valence electrons. The van der Waals surface area contributed by atoms with E-state index in [1.54, 1.807) is 12.4 Å². The van der Waals surface area contributed by atoms with E-state index in [0.717, 1.165) is 48.2 Å². The second kappa shape index (κ2) is 7.90. The van der Waals surface area contributed by atoms with E-state index in [-0.39, 0.29) is 12.5 Å². The number of nitrogens with one attached hydrogen (secondary N) is 2. The smallest absolute Gasteiger partial charge is 0.277 e. The van der Waals surface area contributed by atoms with Crippen LogP contribution in [0.5, 0.6) is 5.75 Å². The number of nitrogens with zero attached hydrogens (tertiary/aromatic N) is 3. The van der Waals surface area contributed by atoms with Gasteiger partial charge in [-0.2, -0.15) is 5.10 Å². The van der Waals surface area contributed by atoms with Crippen molar-refractivity contribution in [1.29, 1.82) is 0 Å². The van der Waals surface area contributed by atoms with Crippen molar-refractivity contribution in [3.63, 3.8) is 0 Å². The fourth-order valence-electron chi connectivity index (χ4n) is 3.16. The molecule has 4 rings (SSSR count). The molecule has 0 saturated carbocycles. The summed E-state index contributed by atoms with van der Waals surface area (Å²) in [6.45, 7) is 1.82. The molecule has 1 amide bonds. The third-order valence-electron chi connectivity index (χ3n) is 4.50. The summed E-state index contributed by atoms with van der Waals surface area (Å²) in [4.78, 5) is 21.7. The molecule has 0 unspecified atom stereocenters. The van der Waals surface area contributed by atoms with Gasteiger partial charge in [0, 0.05) is 31.0 Å². The highest BCUT2D eigenvalue weighted by Gasteiger charge is 2.18. The number of amides is 1. The molecule has 1 aliphatic rings. The zero-order valence-electron chi connectivity index (χ0n) is 14.9. The number of hydrazone groups is 1. The Morgan fingerprint density at radius 3 is 3.07 bits per heavy atom. The zero-order chi connectivity index (χ0) is 18.5. The second-order valence-corrected chi connectivity index (χ2v) is 6.43. The largest absolute Gasteiger partial charge is 0.480 e. The van der Waals surface area contributed by atoms with E-state index < -0.39 is 0 Å². The van der Waals surface area contributed by atoms with Crippen LogP contribution in [0.1, 0.15) is 18.4 Å². The van der Waals surface area contributed by atoms with E-state index in [1.807, 2.05) is 42.6 Å². The Morgan fingerprint density at radius 1 is 1.30 bits per heavy atom. The Bertz CT molecular complexity index is 960. The summed E-state index contributed by atoms with van der Waals surface area (Å²) in [7, 11) is 0. The van der Waals surface area contributed by atoms with E-state index in [0.29, 0.717) is 5.75 Å². The summed E-state index contributed by atoms with van der Waals surface area (Å²) in [6, 6.07) is 11.6. The number of carbonyl (C=O) groups is 1. The number of H-pyrrole nitrogens is 1. The molecule has 0 radical (unpaired) electrons. The van der Waals surface area contributed by atoms with Crippen LogP contribution in [0.3, 0.4) is 0 Å². The number of aromatic amines is 1. The molecule has 2 N–H and O–H groups in total. The Kier molecular flexibility index (Phi) is 5.00. The van der Waals surface area contributed by atoms with Crippen LogP contribution < -0.4 is 15.1 Å². The number of fused-ring (bicyclic) bond motifs is 1. The number of pyridine rings is 1. The highest BCUT2D eigenvalue weighted by Crippen LogP contribution is 2.27. The first-order valence-electron chi connectivity index (χ1n) is 9.01. The van der Waals surface area contributed by atoms with Crippen molar-refractivity contribution in [2.24, 2.45) is 5.10 Å². The number of hydrogen-bond acceptors (Lipinski definition) is 5. The van der Waals surface area contributed by atoms with E-state index >= 15 is 0 Å². The van der Waals surface area contributed by atoms with E-state index in [1.165, 1.54) is 0 Å². The minimum absolute atomic E-state index is 0.112. The summed E-state index contributed by atoms with van der Waals surface area (Å²) in [5.74, 6) is 1.10. The lowest BCUT2D eigenvalue weighted by molar-refractivity contribution is -0.123. The van der Waals surface area contributed by atoms with Gasteiger partial charge in [-0.15, -0.1) is 0 Å². The number of rotatable bonds is 6. The summed E-state index contributed by atoms with van der Waals surface area (Å²) in [6.07, 6.45) is 7.54. The highest BCUT2D eigenvalue weighted by molar-refractivity contribution is 5.89. The molecule has 3 heterocycles. The maximum atomic E-state index is 12.0. The van der Waals surface area contributed by atoms with Crippen molar-refractivity contribution in [2.75, 3.05) is 24.6 Å². The van der Waals surface area contributed by atoms with Gasteiger partial charge in [-0.05, 0) is 48.1 Å². The predicted octanol–water partition coefficient (Wildman–Crippen LogP) is 2.69. The Morgan fingerprint density at radius 2 is 2.19 bits per heavy atom. The third-order valence-corrected chi connectivity index (χ3v) is 4.50. The summed E-state index contributed by atoms with van der Waals surface area (Å²) >= 11 is 0. The maximum Gasteiger partial charge on any atom is 0.277 e. The fourth-order valence-corrected chi connectivity index (χ4v) is 3.16. The normalized spacial score (nSPS) is 14.1. The van der Waals surface area contributed by atoms with Gasteiger partial charge < -0.3 is 14.6 Å². The standard InChI is InChI=1S/C20H21N5O2/c26-19(24-23-13-15-5-6-16-7-9-21-17(16)12-15)14-27-18-4-3-8-22-20(18)25-10-1-2-11-25/h3-9,12-13,21H,1-2,10-11,14H2,(H,24,26)/b23-13+. The molecule has 3 aromatic rings. The molecule has 1 aliphatic heterocycles. The van der Waals surface area contributed by atoms with Crippen LogP contribution in [0.15, 0.2) is 53.9 Å². The van der Waals surface area contributed by atoms with Gasteiger partial charge >= 0.3 is 0 Å². The molecule has 0 spiro atoms. The molecular formula is C20H21N5O2. The summed E-state index contributed by atoms with van der Waals surface area (Å²) in [5.41, 5.74) is 4.42. The molecule has 2 aromatic heterocycles. The van der Waals surface area contributed by atoms with Gasteiger partial charge in [-0.25, -0.2) is 10.4 Å². The van der Waals surface area contributed by atoms with Gasteiger partial charge in [0.25, 0.3) is 5.91 Å². The molecule has 27 heavy (non-hydrogen) atoms. The van der Waals surface area contributed by atoms with Gasteiger partial charge in [0.05, 0.1) is 6.21 Å². The SMILES string of the molecule is O=C(COc1cccnc1N1CCCC1)N/N=C/c1ccc2cc[nH]c2c1. The molecule has 0 bridgehead atoms. The molecular weight excluding hydrogens is 342 g/mol. The fraction of sp³-hybridized carbons (Fsp3) is 0.250. The lowest BCUT2D eigenvalue weighted by Crippen LogP contribution is -2.26. The molecule has 1 aromatic carbocycles. The van der Waals surface area contributed by atoms with Crippen molar-refractivity contribution < 1.29 is 9.53 Å². The quantitative estimate of drug-likeness (QED) is 0.521. The topological polar surface area (TPSA) is 82.6 Å². The minimum Gasteiger partial charge on any atom is -0.480 e. The van der Waals surface area contributed by atoms with Gasteiger partial charge in [-0.1, -0.05) is 12.1 Å². The zero-order valence-corrected chi connectivity index (χ0v) is 14.9. The van der Waals surface area contributed by atoms with Crippen molar-refractivity contribution in [3.8, 4) is 5.75 Å². The van der Waals surface area contributed by atoms with Gasteiger partial charge in [-0.3, -0.25) is 4.79 Å².